The molecule has 0 radical (unpaired) electrons. The van der Waals surface area contributed by atoms with E-state index in [-0.39, 0.29) is 5.82 Å². The van der Waals surface area contributed by atoms with Gasteiger partial charge in [0.05, 0.1) is 0 Å². The van der Waals surface area contributed by atoms with Gasteiger partial charge < -0.3 is 10.2 Å². The third kappa shape index (κ3) is 2.95. The highest BCUT2D eigenvalue weighted by Crippen LogP contribution is 2.15. The van der Waals surface area contributed by atoms with Crippen molar-refractivity contribution in [3.05, 3.63) is 30.1 Å². The molecule has 1 N–H and O–H groups in total. The minimum atomic E-state index is -0.172. The third-order valence-electron chi connectivity index (χ3n) is 3.24. The van der Waals surface area contributed by atoms with Crippen LogP contribution in [0.2, 0.25) is 0 Å². The van der Waals surface area contributed by atoms with Gasteiger partial charge in [-0.3, -0.25) is 0 Å². The van der Waals surface area contributed by atoms with Crippen molar-refractivity contribution in [2.24, 2.45) is 0 Å². The maximum Gasteiger partial charge on any atom is 0.123 e. The Morgan fingerprint density at radius 3 is 2.75 bits per heavy atom. The van der Waals surface area contributed by atoms with Gasteiger partial charge in [-0.1, -0.05) is 0 Å². The maximum absolute atomic E-state index is 12.8. The van der Waals surface area contributed by atoms with Crippen LogP contribution in [-0.4, -0.2) is 26.2 Å². The molecule has 0 amide bonds. The van der Waals surface area contributed by atoms with Crippen molar-refractivity contribution in [3.8, 4) is 0 Å². The molecule has 88 valence electrons. The van der Waals surface area contributed by atoms with E-state index in [4.69, 9.17) is 0 Å². The van der Waals surface area contributed by atoms with Gasteiger partial charge in [-0.2, -0.15) is 0 Å². The van der Waals surface area contributed by atoms with Gasteiger partial charge in [-0.05, 0) is 50.1 Å². The lowest BCUT2D eigenvalue weighted by molar-refractivity contribution is 0.559. The van der Waals surface area contributed by atoms with Crippen molar-refractivity contribution in [1.29, 1.82) is 0 Å². The molecule has 1 atom stereocenters. The predicted octanol–water partition coefficient (Wildman–Crippen LogP) is 2.40. The average Bonchev–Trinajstić information content (AvgIpc) is 2.80. The van der Waals surface area contributed by atoms with Gasteiger partial charge >= 0.3 is 0 Å². The second-order valence-corrected chi connectivity index (χ2v) is 4.48. The molecule has 1 fully saturated rings. The fraction of sp³-hybridized carbons (Fsp3) is 0.538. The molecule has 1 saturated heterocycles. The molecule has 1 aliphatic rings. The van der Waals surface area contributed by atoms with Crippen molar-refractivity contribution in [1.82, 2.24) is 5.32 Å². The smallest absolute Gasteiger partial charge is 0.123 e. The first-order valence-corrected chi connectivity index (χ1v) is 5.96. The molecule has 2 rings (SSSR count). The van der Waals surface area contributed by atoms with Crippen LogP contribution in [0.15, 0.2) is 24.3 Å². The number of nitrogens with zero attached hydrogens (tertiary/aromatic N) is 1. The molecule has 1 aromatic rings. The van der Waals surface area contributed by atoms with Crippen molar-refractivity contribution < 1.29 is 4.39 Å². The van der Waals surface area contributed by atoms with E-state index in [1.165, 1.54) is 25.0 Å². The molecule has 1 aromatic carbocycles. The van der Waals surface area contributed by atoms with Crippen LogP contribution >= 0.6 is 0 Å². The summed E-state index contributed by atoms with van der Waals surface area (Å²) in [5, 5.41) is 3.49. The number of hydrogen-bond acceptors (Lipinski definition) is 2. The van der Waals surface area contributed by atoms with E-state index in [0.717, 1.165) is 25.2 Å². The Hall–Kier alpha value is -1.09. The van der Waals surface area contributed by atoms with Crippen LogP contribution in [0.25, 0.3) is 0 Å². The molecule has 0 spiro atoms. The lowest BCUT2D eigenvalue weighted by atomic mass is 10.1. The van der Waals surface area contributed by atoms with Crippen LogP contribution in [0.4, 0.5) is 10.1 Å². The zero-order valence-corrected chi connectivity index (χ0v) is 9.75. The highest BCUT2D eigenvalue weighted by molar-refractivity contribution is 5.45. The second kappa shape index (κ2) is 5.30. The third-order valence-corrected chi connectivity index (χ3v) is 3.24. The fourth-order valence-electron chi connectivity index (χ4n) is 2.18. The Labute approximate surface area is 96.5 Å². The molecule has 0 aromatic heterocycles. The topological polar surface area (TPSA) is 15.3 Å². The number of anilines is 1. The van der Waals surface area contributed by atoms with Crippen LogP contribution in [0.5, 0.6) is 0 Å². The van der Waals surface area contributed by atoms with E-state index in [9.17, 15) is 4.39 Å². The molecular formula is C13H19FN2. The fourth-order valence-corrected chi connectivity index (χ4v) is 2.18. The monoisotopic (exact) mass is 222 g/mol. The van der Waals surface area contributed by atoms with Gasteiger partial charge in [0.2, 0.25) is 0 Å². The Morgan fingerprint density at radius 2 is 2.12 bits per heavy atom. The number of rotatable bonds is 4. The quantitative estimate of drug-likeness (QED) is 0.841. The molecular weight excluding hydrogens is 203 g/mol. The lowest BCUT2D eigenvalue weighted by Crippen LogP contribution is -2.28. The molecule has 1 unspecified atom stereocenters. The average molecular weight is 222 g/mol. The summed E-state index contributed by atoms with van der Waals surface area (Å²) in [7, 11) is 2.06. The van der Waals surface area contributed by atoms with Crippen molar-refractivity contribution in [2.75, 3.05) is 25.0 Å². The zero-order chi connectivity index (χ0) is 11.4. The lowest BCUT2D eigenvalue weighted by Gasteiger charge is -2.21. The van der Waals surface area contributed by atoms with Crippen molar-refractivity contribution >= 4 is 5.69 Å². The maximum atomic E-state index is 12.8. The van der Waals surface area contributed by atoms with Gasteiger partial charge in [0.1, 0.15) is 5.82 Å². The summed E-state index contributed by atoms with van der Waals surface area (Å²) in [4.78, 5) is 2.18. The summed E-state index contributed by atoms with van der Waals surface area (Å²) < 4.78 is 12.8. The van der Waals surface area contributed by atoms with Crippen LogP contribution in [-0.2, 0) is 0 Å². The van der Waals surface area contributed by atoms with E-state index in [0.29, 0.717) is 6.04 Å². The predicted molar refractivity (Wildman–Crippen MR) is 65.3 cm³/mol. The molecule has 16 heavy (non-hydrogen) atoms. The second-order valence-electron chi connectivity index (χ2n) is 4.48. The molecule has 0 bridgehead atoms. The standard InChI is InChI=1S/C13H19FN2/c1-16(10-8-12-3-2-9-15-12)13-6-4-11(14)5-7-13/h4-7,12,15H,2-3,8-10H2,1H3. The van der Waals surface area contributed by atoms with Crippen molar-refractivity contribution in [2.45, 2.75) is 25.3 Å². The van der Waals surface area contributed by atoms with E-state index < -0.39 is 0 Å². The number of benzene rings is 1. The van der Waals surface area contributed by atoms with Crippen LogP contribution in [0, 0.1) is 5.82 Å². The van der Waals surface area contributed by atoms with Gasteiger partial charge in [0.25, 0.3) is 0 Å². The Kier molecular flexibility index (Phi) is 3.78. The number of nitrogens with one attached hydrogen (secondary N) is 1. The summed E-state index contributed by atoms with van der Waals surface area (Å²) in [6.07, 6.45) is 3.75. The van der Waals surface area contributed by atoms with Gasteiger partial charge in [0.15, 0.2) is 0 Å². The summed E-state index contributed by atoms with van der Waals surface area (Å²) in [5.41, 5.74) is 1.08. The summed E-state index contributed by atoms with van der Waals surface area (Å²) >= 11 is 0. The van der Waals surface area contributed by atoms with E-state index in [1.54, 1.807) is 0 Å². The number of hydrogen-bond donors (Lipinski definition) is 1. The van der Waals surface area contributed by atoms with Gasteiger partial charge in [-0.25, -0.2) is 4.39 Å². The normalized spacial score (nSPS) is 20.0. The Balaban J connectivity index is 1.82. The first-order valence-electron chi connectivity index (χ1n) is 5.96. The van der Waals surface area contributed by atoms with Crippen molar-refractivity contribution in [3.63, 3.8) is 0 Å². The summed E-state index contributed by atoms with van der Waals surface area (Å²) in [6.45, 7) is 2.17. The molecule has 0 aliphatic carbocycles. The molecule has 0 saturated carbocycles. The van der Waals surface area contributed by atoms with Gasteiger partial charge in [0, 0.05) is 25.3 Å². The van der Waals surface area contributed by atoms with Gasteiger partial charge in [-0.15, -0.1) is 0 Å². The summed E-state index contributed by atoms with van der Waals surface area (Å²) in [5.74, 6) is -0.172. The van der Waals surface area contributed by atoms with Crippen LogP contribution in [0.1, 0.15) is 19.3 Å². The minimum absolute atomic E-state index is 0.172. The SMILES string of the molecule is CN(CCC1CCCN1)c1ccc(F)cc1. The van der Waals surface area contributed by atoms with E-state index >= 15 is 0 Å². The first-order chi connectivity index (χ1) is 7.75. The molecule has 3 heteroatoms. The Bertz CT molecular complexity index is 317. The minimum Gasteiger partial charge on any atom is -0.375 e. The zero-order valence-electron chi connectivity index (χ0n) is 9.75. The first kappa shape index (κ1) is 11.4. The summed E-state index contributed by atoms with van der Waals surface area (Å²) in [6, 6.07) is 7.36. The Morgan fingerprint density at radius 1 is 1.38 bits per heavy atom. The van der Waals surface area contributed by atoms with Crippen LogP contribution < -0.4 is 10.2 Å². The van der Waals surface area contributed by atoms with Crippen LogP contribution in [0.3, 0.4) is 0 Å². The highest BCUT2D eigenvalue weighted by atomic mass is 19.1. The largest absolute Gasteiger partial charge is 0.375 e. The molecule has 2 nitrogen and oxygen atoms in total. The number of halogens is 1. The van der Waals surface area contributed by atoms with E-state index in [2.05, 4.69) is 17.3 Å². The van der Waals surface area contributed by atoms with E-state index in [1.807, 2.05) is 12.1 Å². The molecule has 1 aliphatic heterocycles. The highest BCUT2D eigenvalue weighted by Gasteiger charge is 2.14. The molecule has 1 heterocycles.